The first-order valence-electron chi connectivity index (χ1n) is 4.42. The second-order valence-corrected chi connectivity index (χ2v) is 3.22. The summed E-state index contributed by atoms with van der Waals surface area (Å²) in [4.78, 5) is 4.18. The lowest BCUT2D eigenvalue weighted by atomic mass is 10.2. The van der Waals surface area contributed by atoms with Gasteiger partial charge >= 0.3 is 0 Å². The van der Waals surface area contributed by atoms with Gasteiger partial charge in [-0.1, -0.05) is 0 Å². The predicted molar refractivity (Wildman–Crippen MR) is 53.9 cm³/mol. The zero-order valence-corrected chi connectivity index (χ0v) is 8.28. The molecule has 4 heteroatoms. The van der Waals surface area contributed by atoms with Crippen LogP contribution in [-0.4, -0.2) is 22.7 Å². The highest BCUT2D eigenvalue weighted by Crippen LogP contribution is 2.08. The minimum atomic E-state index is -0.428. The fourth-order valence-electron chi connectivity index (χ4n) is 1.08. The van der Waals surface area contributed by atoms with E-state index in [4.69, 9.17) is 10.4 Å². The van der Waals surface area contributed by atoms with Crippen molar-refractivity contribution < 1.29 is 5.11 Å². The topological polar surface area (TPSA) is 68.9 Å². The van der Waals surface area contributed by atoms with Crippen LogP contribution in [0.3, 0.4) is 0 Å². The molecule has 0 aromatic carbocycles. The van der Waals surface area contributed by atoms with Crippen molar-refractivity contribution in [1.29, 1.82) is 5.26 Å². The van der Waals surface area contributed by atoms with E-state index < -0.39 is 6.10 Å². The van der Waals surface area contributed by atoms with E-state index >= 15 is 0 Å². The molecule has 0 saturated carbocycles. The second-order valence-electron chi connectivity index (χ2n) is 3.22. The molecule has 1 aromatic rings. The van der Waals surface area contributed by atoms with Gasteiger partial charge in [-0.2, -0.15) is 5.26 Å². The zero-order valence-electron chi connectivity index (χ0n) is 8.28. The van der Waals surface area contributed by atoms with Gasteiger partial charge in [-0.25, -0.2) is 4.98 Å². The first-order chi connectivity index (χ1) is 6.61. The summed E-state index contributed by atoms with van der Waals surface area (Å²) in [5, 5.41) is 20.7. The average Bonchev–Trinajstić information content (AvgIpc) is 2.14. The molecule has 0 amide bonds. The van der Waals surface area contributed by atoms with E-state index in [1.165, 1.54) is 0 Å². The Morgan fingerprint density at radius 2 is 2.36 bits per heavy atom. The molecule has 1 atom stereocenters. The maximum Gasteiger partial charge on any atom is 0.127 e. The number of anilines is 1. The Bertz CT molecular complexity index is 355. The van der Waals surface area contributed by atoms with Crippen molar-refractivity contribution in [3.8, 4) is 6.07 Å². The molecule has 1 aromatic heterocycles. The molecule has 0 radical (unpaired) electrons. The smallest absolute Gasteiger partial charge is 0.127 e. The molecule has 0 aliphatic carbocycles. The van der Waals surface area contributed by atoms with Gasteiger partial charge in [0.05, 0.1) is 17.7 Å². The van der Waals surface area contributed by atoms with Crippen molar-refractivity contribution in [1.82, 2.24) is 4.98 Å². The summed E-state index contributed by atoms with van der Waals surface area (Å²) in [5.74, 6) is 0.627. The number of aryl methyl sites for hydroxylation is 1. The number of hydrogen-bond donors (Lipinski definition) is 2. The highest BCUT2D eigenvalue weighted by molar-refractivity contribution is 5.44. The molecule has 0 spiro atoms. The van der Waals surface area contributed by atoms with Crippen LogP contribution < -0.4 is 5.32 Å². The molecule has 1 heterocycles. The third-order valence-electron chi connectivity index (χ3n) is 1.66. The third kappa shape index (κ3) is 3.04. The van der Waals surface area contributed by atoms with Crippen molar-refractivity contribution in [2.24, 2.45) is 0 Å². The highest BCUT2D eigenvalue weighted by Gasteiger charge is 2.00. The van der Waals surface area contributed by atoms with Gasteiger partial charge in [0, 0.05) is 12.2 Å². The maximum atomic E-state index is 9.05. The Kier molecular flexibility index (Phi) is 3.43. The molecule has 0 fully saturated rings. The minimum Gasteiger partial charge on any atom is -0.392 e. The summed E-state index contributed by atoms with van der Waals surface area (Å²) in [6, 6.07) is 5.43. The molecule has 1 rings (SSSR count). The quantitative estimate of drug-likeness (QED) is 0.749. The van der Waals surface area contributed by atoms with Crippen molar-refractivity contribution in [2.75, 3.05) is 11.9 Å². The van der Waals surface area contributed by atoms with Crippen LogP contribution in [0.1, 0.15) is 18.2 Å². The van der Waals surface area contributed by atoms with Crippen molar-refractivity contribution in [2.45, 2.75) is 20.0 Å². The van der Waals surface area contributed by atoms with E-state index in [9.17, 15) is 0 Å². The van der Waals surface area contributed by atoms with Crippen LogP contribution in [0.15, 0.2) is 12.1 Å². The van der Waals surface area contributed by atoms with Gasteiger partial charge in [-0.3, -0.25) is 0 Å². The molecule has 14 heavy (non-hydrogen) atoms. The lowest BCUT2D eigenvalue weighted by Crippen LogP contribution is -2.16. The fraction of sp³-hybridized carbons (Fsp3) is 0.400. The van der Waals surface area contributed by atoms with Crippen molar-refractivity contribution in [3.63, 3.8) is 0 Å². The number of nitriles is 1. The molecular weight excluding hydrogens is 178 g/mol. The number of nitrogens with zero attached hydrogens (tertiary/aromatic N) is 2. The number of hydrogen-bond acceptors (Lipinski definition) is 4. The van der Waals surface area contributed by atoms with E-state index in [-0.39, 0.29) is 0 Å². The number of nitrogens with one attached hydrogen (secondary N) is 1. The fourth-order valence-corrected chi connectivity index (χ4v) is 1.08. The predicted octanol–water partition coefficient (Wildman–Crippen LogP) is 1.05. The van der Waals surface area contributed by atoms with E-state index in [1.807, 2.05) is 6.92 Å². The SMILES string of the molecule is Cc1cc(C#N)cc(NC[C@H](C)O)n1. The van der Waals surface area contributed by atoms with Crippen LogP contribution in [0.25, 0.3) is 0 Å². The summed E-state index contributed by atoms with van der Waals surface area (Å²) in [6.07, 6.45) is -0.428. The van der Waals surface area contributed by atoms with Crippen LogP contribution in [0, 0.1) is 18.3 Å². The highest BCUT2D eigenvalue weighted by atomic mass is 16.3. The first-order valence-corrected chi connectivity index (χ1v) is 4.42. The largest absolute Gasteiger partial charge is 0.392 e. The number of pyridine rings is 1. The van der Waals surface area contributed by atoms with Gasteiger partial charge in [0.2, 0.25) is 0 Å². The van der Waals surface area contributed by atoms with Crippen molar-refractivity contribution >= 4 is 5.82 Å². The molecule has 0 bridgehead atoms. The lowest BCUT2D eigenvalue weighted by molar-refractivity contribution is 0.208. The summed E-state index contributed by atoms with van der Waals surface area (Å²) >= 11 is 0. The van der Waals surface area contributed by atoms with E-state index in [0.29, 0.717) is 17.9 Å². The standard InChI is InChI=1S/C10H13N3O/c1-7-3-9(5-11)4-10(13-7)12-6-8(2)14/h3-4,8,14H,6H2,1-2H3,(H,12,13)/t8-/m0/s1. The van der Waals surface area contributed by atoms with Gasteiger partial charge in [-0.15, -0.1) is 0 Å². The number of aliphatic hydroxyl groups excluding tert-OH is 1. The average molecular weight is 191 g/mol. The second kappa shape index (κ2) is 4.58. The van der Waals surface area contributed by atoms with Gasteiger partial charge < -0.3 is 10.4 Å². The van der Waals surface area contributed by atoms with Crippen LogP contribution in [0.4, 0.5) is 5.82 Å². The number of aromatic nitrogens is 1. The Balaban J connectivity index is 2.78. The lowest BCUT2D eigenvalue weighted by Gasteiger charge is -2.08. The van der Waals surface area contributed by atoms with Crippen LogP contribution in [0.5, 0.6) is 0 Å². The van der Waals surface area contributed by atoms with E-state index in [2.05, 4.69) is 16.4 Å². The number of rotatable bonds is 3. The Hall–Kier alpha value is -1.60. The number of aliphatic hydroxyl groups is 1. The molecule has 0 saturated heterocycles. The van der Waals surface area contributed by atoms with Gasteiger partial charge in [0.1, 0.15) is 5.82 Å². The third-order valence-corrected chi connectivity index (χ3v) is 1.66. The molecule has 2 N–H and O–H groups in total. The zero-order chi connectivity index (χ0) is 10.6. The maximum absolute atomic E-state index is 9.05. The Morgan fingerprint density at radius 3 is 2.93 bits per heavy atom. The normalized spacial score (nSPS) is 11.9. The van der Waals surface area contributed by atoms with E-state index in [0.717, 1.165) is 5.69 Å². The van der Waals surface area contributed by atoms with Gasteiger partial charge in [0.25, 0.3) is 0 Å². The van der Waals surface area contributed by atoms with Crippen molar-refractivity contribution in [3.05, 3.63) is 23.4 Å². The minimum absolute atomic E-state index is 0.428. The summed E-state index contributed by atoms with van der Waals surface area (Å²) in [6.45, 7) is 3.95. The summed E-state index contributed by atoms with van der Waals surface area (Å²) in [5.41, 5.74) is 1.36. The molecule has 0 unspecified atom stereocenters. The molecule has 0 aliphatic rings. The molecule has 74 valence electrons. The first kappa shape index (κ1) is 10.5. The summed E-state index contributed by atoms with van der Waals surface area (Å²) in [7, 11) is 0. The van der Waals surface area contributed by atoms with Gasteiger partial charge in [-0.05, 0) is 26.0 Å². The van der Waals surface area contributed by atoms with Gasteiger partial charge in [0.15, 0.2) is 0 Å². The molecular formula is C10H13N3O. The van der Waals surface area contributed by atoms with Crippen LogP contribution >= 0.6 is 0 Å². The van der Waals surface area contributed by atoms with Crippen LogP contribution in [-0.2, 0) is 0 Å². The van der Waals surface area contributed by atoms with E-state index in [1.54, 1.807) is 19.1 Å². The Labute approximate surface area is 83.2 Å². The molecule has 0 aliphatic heterocycles. The monoisotopic (exact) mass is 191 g/mol. The Morgan fingerprint density at radius 1 is 1.64 bits per heavy atom. The van der Waals surface area contributed by atoms with Crippen LogP contribution in [0.2, 0.25) is 0 Å². The molecule has 4 nitrogen and oxygen atoms in total. The summed E-state index contributed by atoms with van der Waals surface area (Å²) < 4.78 is 0.